The maximum absolute atomic E-state index is 4.48. The zero-order valence-corrected chi connectivity index (χ0v) is 10.7. The Balaban J connectivity index is 2.22. The summed E-state index contributed by atoms with van der Waals surface area (Å²) in [5, 5.41) is 7.64. The lowest BCUT2D eigenvalue weighted by Crippen LogP contribution is -2.06. The molecule has 0 fully saturated rings. The van der Waals surface area contributed by atoms with Crippen LogP contribution in [0.5, 0.6) is 0 Å². The molecule has 16 heavy (non-hydrogen) atoms. The molecule has 0 aromatic carbocycles. The lowest BCUT2D eigenvalue weighted by molar-refractivity contribution is 0.634. The highest BCUT2D eigenvalue weighted by Gasteiger charge is 2.08. The largest absolute Gasteiger partial charge is 0.245 e. The molecule has 2 rings (SSSR count). The van der Waals surface area contributed by atoms with E-state index in [9.17, 15) is 0 Å². The van der Waals surface area contributed by atoms with Gasteiger partial charge in [-0.1, -0.05) is 13.8 Å². The summed E-state index contributed by atoms with van der Waals surface area (Å²) in [6.45, 7) is 6.94. The van der Waals surface area contributed by atoms with Crippen LogP contribution in [-0.4, -0.2) is 19.7 Å². The molecule has 5 heteroatoms. The Bertz CT molecular complexity index is 472. The maximum atomic E-state index is 4.48. The third kappa shape index (κ3) is 2.29. The van der Waals surface area contributed by atoms with Crippen molar-refractivity contribution in [2.24, 2.45) is 0 Å². The molecule has 0 aliphatic heterocycles. The fourth-order valence-electron chi connectivity index (χ4n) is 1.57. The molecule has 2 aromatic rings. The highest BCUT2D eigenvalue weighted by atomic mass is 32.1. The first-order valence-corrected chi connectivity index (χ1v) is 6.44. The van der Waals surface area contributed by atoms with Crippen LogP contribution in [0.2, 0.25) is 0 Å². The van der Waals surface area contributed by atoms with Gasteiger partial charge in [0.1, 0.15) is 10.8 Å². The molecule has 0 spiro atoms. The number of hydrogen-bond acceptors (Lipinski definition) is 4. The second-order valence-electron chi connectivity index (χ2n) is 3.69. The molecular formula is C11H16N4S. The van der Waals surface area contributed by atoms with Crippen molar-refractivity contribution in [1.29, 1.82) is 0 Å². The molecule has 2 aromatic heterocycles. The molecule has 0 unspecified atom stereocenters. The van der Waals surface area contributed by atoms with E-state index in [1.807, 2.05) is 11.6 Å². The predicted molar refractivity (Wildman–Crippen MR) is 64.7 cm³/mol. The normalized spacial score (nSPS) is 10.9. The van der Waals surface area contributed by atoms with Crippen LogP contribution in [0.3, 0.4) is 0 Å². The van der Waals surface area contributed by atoms with Gasteiger partial charge < -0.3 is 0 Å². The van der Waals surface area contributed by atoms with Gasteiger partial charge in [0.2, 0.25) is 0 Å². The highest BCUT2D eigenvalue weighted by Crippen LogP contribution is 2.11. The summed E-state index contributed by atoms with van der Waals surface area (Å²) < 4.78 is 1.97. The van der Waals surface area contributed by atoms with Crippen LogP contribution in [0, 0.1) is 6.92 Å². The standard InChI is InChI=1S/C11H16N4S/c1-4-9-13-10(5-2)15(14-9)6-11-12-8(3)7-16-11/h7H,4-6H2,1-3H3. The first-order valence-electron chi connectivity index (χ1n) is 5.56. The summed E-state index contributed by atoms with van der Waals surface area (Å²) in [5.74, 6) is 1.97. The van der Waals surface area contributed by atoms with E-state index < -0.39 is 0 Å². The lowest BCUT2D eigenvalue weighted by atomic mass is 10.4. The van der Waals surface area contributed by atoms with Crippen LogP contribution in [0.1, 0.15) is 36.2 Å². The summed E-state index contributed by atoms with van der Waals surface area (Å²) in [5.41, 5.74) is 1.08. The van der Waals surface area contributed by atoms with Gasteiger partial charge in [-0.25, -0.2) is 14.6 Å². The SMILES string of the molecule is CCc1nc(CC)n(Cc2nc(C)cs2)n1. The number of thiazole rings is 1. The average molecular weight is 236 g/mol. The number of aromatic nitrogens is 4. The molecule has 0 atom stereocenters. The molecule has 2 heterocycles. The summed E-state index contributed by atoms with van der Waals surface area (Å²) in [4.78, 5) is 8.93. The molecule has 0 saturated carbocycles. The van der Waals surface area contributed by atoms with Crippen LogP contribution >= 0.6 is 11.3 Å². The van der Waals surface area contributed by atoms with Gasteiger partial charge in [0.25, 0.3) is 0 Å². The fourth-order valence-corrected chi connectivity index (χ4v) is 2.32. The van der Waals surface area contributed by atoms with Gasteiger partial charge in [-0.3, -0.25) is 0 Å². The zero-order valence-electron chi connectivity index (χ0n) is 9.90. The van der Waals surface area contributed by atoms with Gasteiger partial charge in [0.05, 0.1) is 6.54 Å². The van der Waals surface area contributed by atoms with E-state index in [0.29, 0.717) is 0 Å². The van der Waals surface area contributed by atoms with E-state index >= 15 is 0 Å². The Kier molecular flexibility index (Phi) is 3.33. The predicted octanol–water partition coefficient (Wildman–Crippen LogP) is 2.22. The molecule has 0 aliphatic carbocycles. The molecule has 0 radical (unpaired) electrons. The number of nitrogens with zero attached hydrogens (tertiary/aromatic N) is 4. The quantitative estimate of drug-likeness (QED) is 0.817. The monoisotopic (exact) mass is 236 g/mol. The smallest absolute Gasteiger partial charge is 0.150 e. The third-order valence-corrected chi connectivity index (χ3v) is 3.33. The molecule has 0 aliphatic rings. The van der Waals surface area contributed by atoms with Gasteiger partial charge in [0, 0.05) is 23.9 Å². The van der Waals surface area contributed by atoms with E-state index in [1.54, 1.807) is 11.3 Å². The maximum Gasteiger partial charge on any atom is 0.150 e. The minimum atomic E-state index is 0.745. The Hall–Kier alpha value is -1.23. The van der Waals surface area contributed by atoms with Crippen molar-refractivity contribution in [3.63, 3.8) is 0 Å². The van der Waals surface area contributed by atoms with Crippen molar-refractivity contribution in [3.8, 4) is 0 Å². The number of hydrogen-bond donors (Lipinski definition) is 0. The molecule has 0 amide bonds. The lowest BCUT2D eigenvalue weighted by Gasteiger charge is -2.00. The summed E-state index contributed by atoms with van der Waals surface area (Å²) in [7, 11) is 0. The third-order valence-electron chi connectivity index (χ3n) is 2.38. The number of rotatable bonds is 4. The second-order valence-corrected chi connectivity index (χ2v) is 4.63. The molecule has 0 N–H and O–H groups in total. The molecule has 4 nitrogen and oxygen atoms in total. The summed E-state index contributed by atoms with van der Waals surface area (Å²) in [6.07, 6.45) is 1.80. The van der Waals surface area contributed by atoms with Crippen LogP contribution in [0.15, 0.2) is 5.38 Å². The Morgan fingerprint density at radius 1 is 1.25 bits per heavy atom. The zero-order chi connectivity index (χ0) is 11.5. The van der Waals surface area contributed by atoms with E-state index in [1.165, 1.54) is 0 Å². The molecule has 0 saturated heterocycles. The van der Waals surface area contributed by atoms with E-state index in [0.717, 1.165) is 41.7 Å². The minimum Gasteiger partial charge on any atom is -0.245 e. The van der Waals surface area contributed by atoms with Crippen molar-refractivity contribution >= 4 is 11.3 Å². The minimum absolute atomic E-state index is 0.745. The summed E-state index contributed by atoms with van der Waals surface area (Å²) >= 11 is 1.68. The molecule has 0 bridgehead atoms. The first kappa shape index (κ1) is 11.3. The second kappa shape index (κ2) is 4.74. The van der Waals surface area contributed by atoms with E-state index in [-0.39, 0.29) is 0 Å². The van der Waals surface area contributed by atoms with Crippen LogP contribution < -0.4 is 0 Å². The Morgan fingerprint density at radius 3 is 2.62 bits per heavy atom. The fraction of sp³-hybridized carbons (Fsp3) is 0.545. The van der Waals surface area contributed by atoms with Crippen LogP contribution in [-0.2, 0) is 19.4 Å². The molecule has 86 valence electrons. The highest BCUT2D eigenvalue weighted by molar-refractivity contribution is 7.09. The topological polar surface area (TPSA) is 43.6 Å². The van der Waals surface area contributed by atoms with Crippen LogP contribution in [0.4, 0.5) is 0 Å². The van der Waals surface area contributed by atoms with Crippen molar-refractivity contribution in [3.05, 3.63) is 27.7 Å². The van der Waals surface area contributed by atoms with E-state index in [4.69, 9.17) is 0 Å². The number of aryl methyl sites for hydroxylation is 3. The van der Waals surface area contributed by atoms with Gasteiger partial charge in [-0.2, -0.15) is 5.10 Å². The molecular weight excluding hydrogens is 220 g/mol. The van der Waals surface area contributed by atoms with E-state index in [2.05, 4.69) is 34.3 Å². The Morgan fingerprint density at radius 2 is 2.06 bits per heavy atom. The average Bonchev–Trinajstić information content (AvgIpc) is 2.85. The van der Waals surface area contributed by atoms with Gasteiger partial charge >= 0.3 is 0 Å². The van der Waals surface area contributed by atoms with Crippen LogP contribution in [0.25, 0.3) is 0 Å². The van der Waals surface area contributed by atoms with Gasteiger partial charge in [-0.15, -0.1) is 11.3 Å². The summed E-state index contributed by atoms with van der Waals surface area (Å²) in [6, 6.07) is 0. The van der Waals surface area contributed by atoms with Crippen molar-refractivity contribution < 1.29 is 0 Å². The first-order chi connectivity index (χ1) is 7.72. The van der Waals surface area contributed by atoms with Crippen molar-refractivity contribution in [1.82, 2.24) is 19.7 Å². The Labute approximate surface area is 99.4 Å². The van der Waals surface area contributed by atoms with Crippen molar-refractivity contribution in [2.75, 3.05) is 0 Å². The van der Waals surface area contributed by atoms with Gasteiger partial charge in [-0.05, 0) is 6.92 Å². The van der Waals surface area contributed by atoms with Gasteiger partial charge in [0.15, 0.2) is 5.82 Å². The van der Waals surface area contributed by atoms with Crippen molar-refractivity contribution in [2.45, 2.75) is 40.2 Å².